The van der Waals surface area contributed by atoms with E-state index in [0.29, 0.717) is 0 Å². The highest BCUT2D eigenvalue weighted by atomic mass is 32.2. The summed E-state index contributed by atoms with van der Waals surface area (Å²) >= 11 is 0. The lowest BCUT2D eigenvalue weighted by molar-refractivity contribution is 0.297. The van der Waals surface area contributed by atoms with Crippen LogP contribution in [0.25, 0.3) is 0 Å². The fraction of sp³-hybridized carbons (Fsp3) is 1.00. The molecule has 0 spiro atoms. The highest BCUT2D eigenvalue weighted by molar-refractivity contribution is 7.86. The van der Waals surface area contributed by atoms with Crippen LogP contribution in [0.15, 0.2) is 0 Å². The van der Waals surface area contributed by atoms with Gasteiger partial charge in [0.2, 0.25) is 0 Å². The summed E-state index contributed by atoms with van der Waals surface area (Å²) in [6.07, 6.45) is 1.87. The highest BCUT2D eigenvalue weighted by Gasteiger charge is 2.33. The van der Waals surface area contributed by atoms with Crippen molar-refractivity contribution in [3.05, 3.63) is 0 Å². The first-order chi connectivity index (χ1) is 5.43. The van der Waals surface area contributed by atoms with Crippen molar-refractivity contribution in [3.63, 3.8) is 0 Å². The molecule has 2 atom stereocenters. The molecular weight excluding hydrogens is 178 g/mol. The molecule has 0 saturated carbocycles. The third kappa shape index (κ3) is 1.97. The third-order valence-electron chi connectivity index (χ3n) is 2.59. The lowest BCUT2D eigenvalue weighted by Gasteiger charge is -2.23. The van der Waals surface area contributed by atoms with Crippen molar-refractivity contribution in [3.8, 4) is 0 Å². The highest BCUT2D eigenvalue weighted by Crippen LogP contribution is 2.21. The fourth-order valence-corrected chi connectivity index (χ4v) is 2.47. The molecule has 1 unspecified atom stereocenters. The number of hydrogen-bond acceptors (Lipinski definition) is 3. The van der Waals surface area contributed by atoms with Gasteiger partial charge in [0.25, 0.3) is 10.1 Å². The summed E-state index contributed by atoms with van der Waals surface area (Å²) in [4.78, 5) is 1.98. The van der Waals surface area contributed by atoms with Crippen LogP contribution in [-0.4, -0.2) is 42.8 Å². The maximum Gasteiger partial charge on any atom is 0.269 e. The van der Waals surface area contributed by atoms with Gasteiger partial charge in [-0.05, 0) is 33.4 Å². The Hall–Kier alpha value is -0.130. The predicted octanol–water partition coefficient (Wildman–Crippen LogP) is 0.357. The van der Waals surface area contributed by atoms with Crippen molar-refractivity contribution in [2.24, 2.45) is 0 Å². The average molecular weight is 193 g/mol. The maximum absolute atomic E-state index is 10.8. The lowest BCUT2D eigenvalue weighted by atomic mass is 10.2. The minimum Gasteiger partial charge on any atom is -0.302 e. The first-order valence-electron chi connectivity index (χ1n) is 4.09. The van der Waals surface area contributed by atoms with Crippen molar-refractivity contribution in [2.75, 3.05) is 13.6 Å². The summed E-state index contributed by atoms with van der Waals surface area (Å²) in [7, 11) is -1.97. The van der Waals surface area contributed by atoms with Gasteiger partial charge in [0.1, 0.15) is 0 Å². The normalized spacial score (nSPS) is 29.1. The second-order valence-electron chi connectivity index (χ2n) is 3.41. The molecule has 1 N–H and O–H groups in total. The zero-order valence-electron chi connectivity index (χ0n) is 7.40. The minimum atomic E-state index is -3.86. The van der Waals surface area contributed by atoms with Crippen molar-refractivity contribution in [1.82, 2.24) is 4.90 Å². The quantitative estimate of drug-likeness (QED) is 0.643. The summed E-state index contributed by atoms with van der Waals surface area (Å²) in [6, 6.07) is -0.0139. The summed E-state index contributed by atoms with van der Waals surface area (Å²) in [6.45, 7) is 2.48. The van der Waals surface area contributed by atoms with Crippen molar-refractivity contribution < 1.29 is 13.0 Å². The Labute approximate surface area is 73.3 Å². The van der Waals surface area contributed by atoms with E-state index in [0.717, 1.165) is 19.4 Å². The van der Waals surface area contributed by atoms with E-state index in [1.165, 1.54) is 0 Å². The zero-order valence-corrected chi connectivity index (χ0v) is 8.21. The summed E-state index contributed by atoms with van der Waals surface area (Å²) < 4.78 is 30.4. The van der Waals surface area contributed by atoms with Crippen LogP contribution in [0.3, 0.4) is 0 Å². The Bertz CT molecular complexity index is 249. The Morgan fingerprint density at radius 1 is 1.58 bits per heavy atom. The molecule has 72 valence electrons. The molecule has 1 fully saturated rings. The van der Waals surface area contributed by atoms with Gasteiger partial charge >= 0.3 is 0 Å². The fourth-order valence-electron chi connectivity index (χ4n) is 1.73. The first kappa shape index (κ1) is 9.95. The van der Waals surface area contributed by atoms with Gasteiger partial charge in [-0.15, -0.1) is 0 Å². The molecule has 1 rings (SSSR count). The van der Waals surface area contributed by atoms with Crippen molar-refractivity contribution in [1.29, 1.82) is 0 Å². The van der Waals surface area contributed by atoms with Crippen LogP contribution >= 0.6 is 0 Å². The Balaban J connectivity index is 2.70. The SMILES string of the molecule is C[C@@H](C1CCCN1C)S(=O)(=O)O. The Morgan fingerprint density at radius 3 is 2.50 bits per heavy atom. The molecular formula is C7H15NO3S. The van der Waals surface area contributed by atoms with Crippen LogP contribution < -0.4 is 0 Å². The smallest absolute Gasteiger partial charge is 0.269 e. The summed E-state index contributed by atoms with van der Waals surface area (Å²) in [5, 5.41) is -0.662. The molecule has 12 heavy (non-hydrogen) atoms. The third-order valence-corrected chi connectivity index (χ3v) is 3.84. The van der Waals surface area contributed by atoms with E-state index in [9.17, 15) is 8.42 Å². The van der Waals surface area contributed by atoms with Gasteiger partial charge in [0.15, 0.2) is 0 Å². The molecule has 1 aliphatic rings. The molecule has 1 saturated heterocycles. The van der Waals surface area contributed by atoms with E-state index in [-0.39, 0.29) is 6.04 Å². The van der Waals surface area contributed by atoms with Gasteiger partial charge in [0, 0.05) is 6.04 Å². The van der Waals surface area contributed by atoms with Crippen LogP contribution in [0.1, 0.15) is 19.8 Å². The molecule has 4 nitrogen and oxygen atoms in total. The van der Waals surface area contributed by atoms with E-state index in [2.05, 4.69) is 0 Å². The van der Waals surface area contributed by atoms with Crippen molar-refractivity contribution in [2.45, 2.75) is 31.1 Å². The molecule has 0 aromatic rings. The zero-order chi connectivity index (χ0) is 9.35. The molecule has 0 bridgehead atoms. The summed E-state index contributed by atoms with van der Waals surface area (Å²) in [5.74, 6) is 0. The first-order valence-corrected chi connectivity index (χ1v) is 5.60. The van der Waals surface area contributed by atoms with E-state index >= 15 is 0 Å². The average Bonchev–Trinajstić information content (AvgIpc) is 2.31. The molecule has 1 heterocycles. The predicted molar refractivity (Wildman–Crippen MR) is 46.7 cm³/mol. The number of likely N-dealkylation sites (tertiary alicyclic amines) is 1. The van der Waals surface area contributed by atoms with E-state index in [1.54, 1.807) is 6.92 Å². The van der Waals surface area contributed by atoms with E-state index in [4.69, 9.17) is 4.55 Å². The molecule has 0 radical (unpaired) electrons. The molecule has 1 aliphatic heterocycles. The van der Waals surface area contributed by atoms with Crippen molar-refractivity contribution >= 4 is 10.1 Å². The largest absolute Gasteiger partial charge is 0.302 e. The van der Waals surface area contributed by atoms with E-state index < -0.39 is 15.4 Å². The van der Waals surface area contributed by atoms with E-state index in [1.807, 2.05) is 11.9 Å². The Kier molecular flexibility index (Phi) is 2.75. The number of nitrogens with zero attached hydrogens (tertiary/aromatic N) is 1. The molecule has 0 aromatic heterocycles. The second-order valence-corrected chi connectivity index (χ2v) is 5.18. The van der Waals surface area contributed by atoms with Gasteiger partial charge in [-0.3, -0.25) is 4.55 Å². The molecule has 0 aromatic carbocycles. The number of hydrogen-bond donors (Lipinski definition) is 1. The van der Waals surface area contributed by atoms with Gasteiger partial charge in [0.05, 0.1) is 5.25 Å². The van der Waals surface area contributed by atoms with Crippen LogP contribution in [-0.2, 0) is 10.1 Å². The van der Waals surface area contributed by atoms with Crippen LogP contribution in [0.5, 0.6) is 0 Å². The maximum atomic E-state index is 10.8. The Morgan fingerprint density at radius 2 is 2.17 bits per heavy atom. The second kappa shape index (κ2) is 3.32. The van der Waals surface area contributed by atoms with Gasteiger partial charge in [-0.1, -0.05) is 0 Å². The molecule has 0 aliphatic carbocycles. The van der Waals surface area contributed by atoms with Gasteiger partial charge < -0.3 is 4.90 Å². The molecule has 0 amide bonds. The summed E-state index contributed by atoms with van der Waals surface area (Å²) in [5.41, 5.74) is 0. The van der Waals surface area contributed by atoms with Crippen LogP contribution in [0.2, 0.25) is 0 Å². The van der Waals surface area contributed by atoms with Crippen LogP contribution in [0, 0.1) is 0 Å². The topological polar surface area (TPSA) is 57.6 Å². The number of rotatable bonds is 2. The van der Waals surface area contributed by atoms with Gasteiger partial charge in [-0.25, -0.2) is 0 Å². The lowest BCUT2D eigenvalue weighted by Crippen LogP contribution is -2.39. The monoisotopic (exact) mass is 193 g/mol. The standard InChI is InChI=1S/C7H15NO3S/c1-6(12(9,10)11)7-4-3-5-8(7)2/h6-7H,3-5H2,1-2H3,(H,9,10,11)/t6-,7?/m0/s1. The van der Waals surface area contributed by atoms with Crippen LogP contribution in [0.4, 0.5) is 0 Å². The van der Waals surface area contributed by atoms with Gasteiger partial charge in [-0.2, -0.15) is 8.42 Å². The minimum absolute atomic E-state index is 0.0139. The molecule has 5 heteroatoms.